The first-order chi connectivity index (χ1) is 13.5. The van der Waals surface area contributed by atoms with Crippen LogP contribution in [0.1, 0.15) is 52.0 Å². The van der Waals surface area contributed by atoms with Gasteiger partial charge in [-0.3, -0.25) is 4.99 Å². The van der Waals surface area contributed by atoms with E-state index in [1.807, 2.05) is 13.1 Å². The molecule has 1 aromatic carbocycles. The highest BCUT2D eigenvalue weighted by molar-refractivity contribution is 5.79. The minimum Gasteiger partial charge on any atom is -0.493 e. The SMILES string of the molecule is CN=C(NCc1ccccc1OCC1CC1)NCC1CCCOC1C(C)(C)C. The molecule has 156 valence electrons. The molecule has 1 heterocycles. The van der Waals surface area contributed by atoms with E-state index in [-0.39, 0.29) is 11.5 Å². The first-order valence-electron chi connectivity index (χ1n) is 10.7. The molecule has 1 aliphatic carbocycles. The molecule has 5 heteroatoms. The van der Waals surface area contributed by atoms with Crippen LogP contribution in [-0.2, 0) is 11.3 Å². The van der Waals surface area contributed by atoms with E-state index >= 15 is 0 Å². The van der Waals surface area contributed by atoms with Crippen molar-refractivity contribution in [2.75, 3.05) is 26.8 Å². The average Bonchev–Trinajstić information content (AvgIpc) is 3.51. The maximum absolute atomic E-state index is 6.10. The summed E-state index contributed by atoms with van der Waals surface area (Å²) in [6.07, 6.45) is 5.22. The fraction of sp³-hybridized carbons (Fsp3) is 0.696. The summed E-state index contributed by atoms with van der Waals surface area (Å²) >= 11 is 0. The van der Waals surface area contributed by atoms with E-state index in [4.69, 9.17) is 9.47 Å². The number of benzene rings is 1. The maximum Gasteiger partial charge on any atom is 0.191 e. The predicted molar refractivity (Wildman–Crippen MR) is 115 cm³/mol. The van der Waals surface area contributed by atoms with Crippen LogP contribution in [0, 0.1) is 17.3 Å². The number of para-hydroxylation sites is 1. The zero-order chi connectivity index (χ0) is 20.0. The number of rotatable bonds is 7. The van der Waals surface area contributed by atoms with E-state index < -0.39 is 0 Å². The first-order valence-corrected chi connectivity index (χ1v) is 10.7. The highest BCUT2D eigenvalue weighted by atomic mass is 16.5. The monoisotopic (exact) mass is 387 g/mol. The summed E-state index contributed by atoms with van der Waals surface area (Å²) < 4.78 is 12.1. The number of hydrogen-bond donors (Lipinski definition) is 2. The number of hydrogen-bond acceptors (Lipinski definition) is 3. The largest absolute Gasteiger partial charge is 0.493 e. The van der Waals surface area contributed by atoms with E-state index in [2.05, 4.69) is 54.6 Å². The second-order valence-electron chi connectivity index (χ2n) is 9.23. The van der Waals surface area contributed by atoms with Gasteiger partial charge >= 0.3 is 0 Å². The van der Waals surface area contributed by atoms with Gasteiger partial charge in [-0.2, -0.15) is 0 Å². The Hall–Kier alpha value is -1.75. The smallest absolute Gasteiger partial charge is 0.191 e. The minimum atomic E-state index is 0.154. The summed E-state index contributed by atoms with van der Waals surface area (Å²) in [5, 5.41) is 6.95. The molecule has 3 rings (SSSR count). The van der Waals surface area contributed by atoms with Gasteiger partial charge in [-0.15, -0.1) is 0 Å². The Morgan fingerprint density at radius 3 is 2.68 bits per heavy atom. The van der Waals surface area contributed by atoms with Crippen LogP contribution in [0.15, 0.2) is 29.3 Å². The van der Waals surface area contributed by atoms with E-state index in [1.54, 1.807) is 0 Å². The van der Waals surface area contributed by atoms with Gasteiger partial charge in [0.1, 0.15) is 5.75 Å². The summed E-state index contributed by atoms with van der Waals surface area (Å²) in [5.41, 5.74) is 1.32. The lowest BCUT2D eigenvalue weighted by molar-refractivity contribution is -0.0835. The standard InChI is InChI=1S/C23H37N3O2/c1-23(2,3)21-19(9-7-13-27-21)15-26-22(24-4)25-14-18-8-5-6-10-20(18)28-16-17-11-12-17/h5-6,8,10,17,19,21H,7,9,11-16H2,1-4H3,(H2,24,25,26). The Labute approximate surface area is 170 Å². The zero-order valence-corrected chi connectivity index (χ0v) is 18.0. The zero-order valence-electron chi connectivity index (χ0n) is 18.0. The van der Waals surface area contributed by atoms with Crippen LogP contribution in [0.5, 0.6) is 5.75 Å². The molecule has 2 atom stereocenters. The molecule has 1 aromatic rings. The molecule has 0 aromatic heterocycles. The van der Waals surface area contributed by atoms with Crippen LogP contribution < -0.4 is 15.4 Å². The van der Waals surface area contributed by atoms with Gasteiger partial charge in [0, 0.05) is 38.2 Å². The molecule has 2 aliphatic rings. The Bertz CT molecular complexity index is 649. The van der Waals surface area contributed by atoms with Gasteiger partial charge in [0.2, 0.25) is 0 Å². The van der Waals surface area contributed by atoms with Gasteiger partial charge in [0.25, 0.3) is 0 Å². The molecule has 2 unspecified atom stereocenters. The van der Waals surface area contributed by atoms with Crippen molar-refractivity contribution in [3.63, 3.8) is 0 Å². The van der Waals surface area contributed by atoms with Gasteiger partial charge in [-0.1, -0.05) is 39.0 Å². The van der Waals surface area contributed by atoms with E-state index in [0.717, 1.165) is 43.8 Å². The van der Waals surface area contributed by atoms with Gasteiger partial charge in [-0.25, -0.2) is 0 Å². The summed E-state index contributed by atoms with van der Waals surface area (Å²) in [5.74, 6) is 3.06. The molecule has 1 saturated heterocycles. The lowest BCUT2D eigenvalue weighted by Gasteiger charge is -2.40. The van der Waals surface area contributed by atoms with Crippen LogP contribution in [0.3, 0.4) is 0 Å². The quantitative estimate of drug-likeness (QED) is 0.549. The summed E-state index contributed by atoms with van der Waals surface area (Å²) in [4.78, 5) is 4.40. The van der Waals surface area contributed by atoms with Gasteiger partial charge in [0.05, 0.1) is 12.7 Å². The number of guanidine groups is 1. The van der Waals surface area contributed by atoms with Crippen molar-refractivity contribution in [2.45, 2.75) is 59.1 Å². The topological polar surface area (TPSA) is 54.9 Å². The molecule has 0 bridgehead atoms. The van der Waals surface area contributed by atoms with Crippen LogP contribution in [0.2, 0.25) is 0 Å². The van der Waals surface area contributed by atoms with Crippen LogP contribution in [0.25, 0.3) is 0 Å². The molecule has 0 radical (unpaired) electrons. The third-order valence-corrected chi connectivity index (χ3v) is 5.64. The van der Waals surface area contributed by atoms with Crippen LogP contribution >= 0.6 is 0 Å². The van der Waals surface area contributed by atoms with Crippen LogP contribution in [0.4, 0.5) is 0 Å². The molecular weight excluding hydrogens is 350 g/mol. The lowest BCUT2D eigenvalue weighted by atomic mass is 9.78. The van der Waals surface area contributed by atoms with Crippen molar-refractivity contribution in [1.82, 2.24) is 10.6 Å². The Morgan fingerprint density at radius 1 is 1.18 bits per heavy atom. The van der Waals surface area contributed by atoms with E-state index in [1.165, 1.54) is 24.8 Å². The molecule has 1 saturated carbocycles. The van der Waals surface area contributed by atoms with Crippen molar-refractivity contribution in [3.05, 3.63) is 29.8 Å². The number of nitrogens with zero attached hydrogens (tertiary/aromatic N) is 1. The van der Waals surface area contributed by atoms with Crippen molar-refractivity contribution >= 4 is 5.96 Å². The Kier molecular flexibility index (Phi) is 7.22. The van der Waals surface area contributed by atoms with Crippen molar-refractivity contribution < 1.29 is 9.47 Å². The molecule has 0 spiro atoms. The summed E-state index contributed by atoms with van der Waals surface area (Å²) in [7, 11) is 1.82. The maximum atomic E-state index is 6.10. The summed E-state index contributed by atoms with van der Waals surface area (Å²) in [6, 6.07) is 8.27. The number of aliphatic imine (C=N–C) groups is 1. The normalized spacial score (nSPS) is 23.4. The Morgan fingerprint density at radius 2 is 1.96 bits per heavy atom. The fourth-order valence-corrected chi connectivity index (χ4v) is 3.92. The third-order valence-electron chi connectivity index (χ3n) is 5.64. The Balaban J connectivity index is 1.51. The molecule has 28 heavy (non-hydrogen) atoms. The van der Waals surface area contributed by atoms with Crippen molar-refractivity contribution in [3.8, 4) is 5.75 Å². The molecule has 5 nitrogen and oxygen atoms in total. The van der Waals surface area contributed by atoms with E-state index in [9.17, 15) is 0 Å². The lowest BCUT2D eigenvalue weighted by Crippen LogP contribution is -2.47. The third kappa shape index (κ3) is 6.13. The number of nitrogens with one attached hydrogen (secondary N) is 2. The fourth-order valence-electron chi connectivity index (χ4n) is 3.92. The summed E-state index contributed by atoms with van der Waals surface area (Å²) in [6.45, 7) is 10.1. The van der Waals surface area contributed by atoms with Crippen molar-refractivity contribution in [2.24, 2.45) is 22.2 Å². The highest BCUT2D eigenvalue weighted by Gasteiger charge is 2.35. The van der Waals surface area contributed by atoms with Crippen LogP contribution in [-0.4, -0.2) is 38.9 Å². The molecule has 2 N–H and O–H groups in total. The minimum absolute atomic E-state index is 0.154. The van der Waals surface area contributed by atoms with E-state index in [0.29, 0.717) is 12.5 Å². The second-order valence-corrected chi connectivity index (χ2v) is 9.23. The van der Waals surface area contributed by atoms with Gasteiger partial charge < -0.3 is 20.1 Å². The molecular formula is C23H37N3O2. The van der Waals surface area contributed by atoms with Gasteiger partial charge in [-0.05, 0) is 43.1 Å². The van der Waals surface area contributed by atoms with Crippen molar-refractivity contribution in [1.29, 1.82) is 0 Å². The first kappa shape index (κ1) is 21.0. The second kappa shape index (κ2) is 9.64. The number of ether oxygens (including phenoxy) is 2. The van der Waals surface area contributed by atoms with Gasteiger partial charge in [0.15, 0.2) is 5.96 Å². The molecule has 0 amide bonds. The molecule has 2 fully saturated rings. The molecule has 1 aliphatic heterocycles. The predicted octanol–water partition coefficient (Wildman–Crippen LogP) is 3.98. The average molecular weight is 388 g/mol. The highest BCUT2D eigenvalue weighted by Crippen LogP contribution is 2.33.